The average Bonchev–Trinajstić information content (AvgIpc) is 3.28. The van der Waals surface area contributed by atoms with E-state index in [4.69, 9.17) is 16.3 Å². The van der Waals surface area contributed by atoms with Crippen molar-refractivity contribution in [2.24, 2.45) is 0 Å². The Morgan fingerprint density at radius 1 is 1.38 bits per heavy atom. The quantitative estimate of drug-likeness (QED) is 0.547. The molecule has 1 atom stereocenters. The highest BCUT2D eigenvalue weighted by Crippen LogP contribution is 2.43. The van der Waals surface area contributed by atoms with Gasteiger partial charge in [-0.15, -0.1) is 11.3 Å². The maximum Gasteiger partial charge on any atom is 0.246 e. The van der Waals surface area contributed by atoms with Crippen LogP contribution in [0.25, 0.3) is 11.1 Å². The number of aromatic nitrogens is 2. The number of nitrogens with zero attached hydrogens (tertiary/aromatic N) is 3. The number of halogens is 1. The minimum atomic E-state index is -0.0632. The Bertz CT molecular complexity index is 1070. The molecule has 2 aromatic heterocycles. The minimum absolute atomic E-state index is 0.0350. The van der Waals surface area contributed by atoms with Crippen LogP contribution in [0.2, 0.25) is 4.34 Å². The Morgan fingerprint density at radius 2 is 2.17 bits per heavy atom. The number of methoxy groups -OCH3 is 1. The molecule has 0 unspecified atom stereocenters. The fourth-order valence-electron chi connectivity index (χ4n) is 3.97. The summed E-state index contributed by atoms with van der Waals surface area (Å²) in [6, 6.07) is 10.3. The number of hydrogen-bond donors (Lipinski definition) is 0. The van der Waals surface area contributed by atoms with E-state index in [9.17, 15) is 4.79 Å². The number of amides is 1. The van der Waals surface area contributed by atoms with Crippen molar-refractivity contribution in [1.82, 2.24) is 14.7 Å². The fraction of sp³-hybridized carbons (Fsp3) is 0.273. The van der Waals surface area contributed by atoms with Gasteiger partial charge in [0.15, 0.2) is 0 Å². The van der Waals surface area contributed by atoms with Gasteiger partial charge in [0.1, 0.15) is 6.73 Å². The van der Waals surface area contributed by atoms with E-state index in [1.807, 2.05) is 36.2 Å². The largest absolute Gasteiger partial charge is 0.362 e. The Morgan fingerprint density at radius 3 is 2.93 bits per heavy atom. The highest BCUT2D eigenvalue weighted by Gasteiger charge is 2.32. The van der Waals surface area contributed by atoms with Crippen LogP contribution in [-0.2, 0) is 22.8 Å². The first-order chi connectivity index (χ1) is 14.0. The number of benzene rings is 1. The van der Waals surface area contributed by atoms with Crippen molar-refractivity contribution in [1.29, 1.82) is 0 Å². The number of carbonyl (C=O) groups excluding carboxylic acids is 1. The van der Waals surface area contributed by atoms with Crippen molar-refractivity contribution in [3.63, 3.8) is 0 Å². The number of hydrogen-bond acceptors (Lipinski definition) is 4. The van der Waals surface area contributed by atoms with Crippen LogP contribution >= 0.6 is 22.9 Å². The molecule has 0 aliphatic carbocycles. The zero-order valence-corrected chi connectivity index (χ0v) is 18.0. The highest BCUT2D eigenvalue weighted by molar-refractivity contribution is 7.16. The van der Waals surface area contributed by atoms with Crippen molar-refractivity contribution in [3.05, 3.63) is 75.2 Å². The molecule has 150 valence electrons. The predicted octanol–water partition coefficient (Wildman–Crippen LogP) is 4.84. The maximum atomic E-state index is 12.4. The van der Waals surface area contributed by atoms with Gasteiger partial charge < -0.3 is 9.64 Å². The monoisotopic (exact) mass is 427 g/mol. The average molecular weight is 428 g/mol. The molecule has 5 nitrogen and oxygen atoms in total. The van der Waals surface area contributed by atoms with E-state index in [-0.39, 0.29) is 11.8 Å². The van der Waals surface area contributed by atoms with E-state index in [2.05, 4.69) is 23.8 Å². The summed E-state index contributed by atoms with van der Waals surface area (Å²) < 4.78 is 7.75. The molecule has 0 fully saturated rings. The van der Waals surface area contributed by atoms with E-state index < -0.39 is 0 Å². The van der Waals surface area contributed by atoms with Crippen LogP contribution in [0.1, 0.15) is 27.6 Å². The lowest BCUT2D eigenvalue weighted by Crippen LogP contribution is -2.37. The van der Waals surface area contributed by atoms with Gasteiger partial charge in [0.2, 0.25) is 5.91 Å². The van der Waals surface area contributed by atoms with Crippen LogP contribution in [0.15, 0.2) is 49.2 Å². The van der Waals surface area contributed by atoms with Gasteiger partial charge in [-0.3, -0.25) is 4.79 Å². The summed E-state index contributed by atoms with van der Waals surface area (Å²) in [6.07, 6.45) is 3.39. The first-order valence-electron chi connectivity index (χ1n) is 9.33. The fourth-order valence-corrected chi connectivity index (χ4v) is 5.33. The van der Waals surface area contributed by atoms with Crippen LogP contribution in [0.3, 0.4) is 0 Å². The van der Waals surface area contributed by atoms with E-state index in [0.717, 1.165) is 31.6 Å². The molecule has 3 heterocycles. The van der Waals surface area contributed by atoms with Crippen molar-refractivity contribution in [3.8, 4) is 11.1 Å². The molecule has 29 heavy (non-hydrogen) atoms. The summed E-state index contributed by atoms with van der Waals surface area (Å²) >= 11 is 7.89. The molecule has 0 saturated carbocycles. The third kappa shape index (κ3) is 3.75. The van der Waals surface area contributed by atoms with Gasteiger partial charge in [-0.25, -0.2) is 4.68 Å². The summed E-state index contributed by atoms with van der Waals surface area (Å²) in [5, 5.41) is 4.56. The molecule has 1 aromatic carbocycles. The van der Waals surface area contributed by atoms with Crippen molar-refractivity contribution >= 4 is 28.8 Å². The summed E-state index contributed by atoms with van der Waals surface area (Å²) in [7, 11) is 1.65. The first-order valence-corrected chi connectivity index (χ1v) is 10.5. The SMILES string of the molecule is C=CC(=O)N1Cc2sc(Cl)cc2[C@H](c2ccccc2-c2cn(COC)nc2C)C1. The van der Waals surface area contributed by atoms with Gasteiger partial charge in [0.25, 0.3) is 0 Å². The molecule has 0 radical (unpaired) electrons. The second kappa shape index (κ2) is 8.14. The van der Waals surface area contributed by atoms with Gasteiger partial charge >= 0.3 is 0 Å². The summed E-state index contributed by atoms with van der Waals surface area (Å²) in [5.74, 6) is -0.0282. The molecular weight excluding hydrogens is 406 g/mol. The molecule has 1 aliphatic heterocycles. The lowest BCUT2D eigenvalue weighted by Gasteiger charge is -2.33. The van der Waals surface area contributed by atoms with Crippen LogP contribution < -0.4 is 0 Å². The number of carbonyl (C=O) groups is 1. The zero-order valence-electron chi connectivity index (χ0n) is 16.4. The Balaban J connectivity index is 1.82. The van der Waals surface area contributed by atoms with Crippen LogP contribution in [0.4, 0.5) is 0 Å². The predicted molar refractivity (Wildman–Crippen MR) is 116 cm³/mol. The van der Waals surface area contributed by atoms with Gasteiger partial charge in [0.05, 0.1) is 16.6 Å². The third-order valence-electron chi connectivity index (χ3n) is 5.24. The second-order valence-electron chi connectivity index (χ2n) is 7.08. The molecule has 0 N–H and O–H groups in total. The van der Waals surface area contributed by atoms with E-state index in [1.54, 1.807) is 23.1 Å². The molecule has 0 bridgehead atoms. The first kappa shape index (κ1) is 19.9. The Hall–Kier alpha value is -2.41. The molecule has 4 rings (SSSR count). The topological polar surface area (TPSA) is 47.4 Å². The number of fused-ring (bicyclic) bond motifs is 1. The van der Waals surface area contributed by atoms with Gasteiger partial charge in [0, 0.05) is 36.2 Å². The van der Waals surface area contributed by atoms with E-state index in [0.29, 0.717) is 19.8 Å². The lowest BCUT2D eigenvalue weighted by atomic mass is 9.84. The molecule has 7 heteroatoms. The minimum Gasteiger partial charge on any atom is -0.362 e. The van der Waals surface area contributed by atoms with Gasteiger partial charge in [-0.05, 0) is 35.8 Å². The van der Waals surface area contributed by atoms with Crippen molar-refractivity contribution < 1.29 is 9.53 Å². The van der Waals surface area contributed by atoms with Gasteiger partial charge in [-0.2, -0.15) is 5.10 Å². The van der Waals surface area contributed by atoms with Crippen molar-refractivity contribution in [2.45, 2.75) is 26.1 Å². The number of thiophene rings is 1. The second-order valence-corrected chi connectivity index (χ2v) is 8.85. The van der Waals surface area contributed by atoms with E-state index in [1.165, 1.54) is 11.6 Å². The normalized spacial score (nSPS) is 16.0. The molecule has 1 aliphatic rings. The summed E-state index contributed by atoms with van der Waals surface area (Å²) in [5.41, 5.74) is 5.46. The molecule has 1 amide bonds. The third-order valence-corrected chi connectivity index (χ3v) is 6.51. The molecule has 0 saturated heterocycles. The zero-order chi connectivity index (χ0) is 20.5. The standard InChI is InChI=1S/C22H22ClN3O2S/c1-4-22(27)25-10-19(17-9-21(23)29-20(17)12-25)16-8-6-5-7-15(16)18-11-26(13-28-3)24-14(18)2/h4-9,11,19H,1,10,12-13H2,2-3H3/t19-/m0/s1. The number of rotatable bonds is 5. The maximum absolute atomic E-state index is 12.4. The number of ether oxygens (including phenoxy) is 1. The van der Waals surface area contributed by atoms with Gasteiger partial charge in [-0.1, -0.05) is 42.4 Å². The molecular formula is C22H22ClN3O2S. The summed E-state index contributed by atoms with van der Waals surface area (Å²) in [6.45, 7) is 7.22. The van der Waals surface area contributed by atoms with Crippen LogP contribution in [0.5, 0.6) is 0 Å². The van der Waals surface area contributed by atoms with E-state index >= 15 is 0 Å². The Kier molecular flexibility index (Phi) is 5.58. The highest BCUT2D eigenvalue weighted by atomic mass is 35.5. The van der Waals surface area contributed by atoms with Crippen LogP contribution in [-0.4, -0.2) is 34.2 Å². The smallest absolute Gasteiger partial charge is 0.246 e. The molecule has 0 spiro atoms. The summed E-state index contributed by atoms with van der Waals surface area (Å²) in [4.78, 5) is 15.4. The Labute approximate surface area is 179 Å². The number of aryl methyl sites for hydroxylation is 1. The lowest BCUT2D eigenvalue weighted by molar-refractivity contribution is -0.127. The van der Waals surface area contributed by atoms with Crippen molar-refractivity contribution in [2.75, 3.05) is 13.7 Å². The molecule has 3 aromatic rings. The van der Waals surface area contributed by atoms with Crippen LogP contribution in [0, 0.1) is 6.92 Å².